The van der Waals surface area contributed by atoms with Crippen LogP contribution in [-0.4, -0.2) is 6.54 Å². The molecule has 1 heteroatoms. The average molecular weight is 340 g/mol. The first kappa shape index (κ1) is 19.8. The minimum atomic E-state index is 1.09. The number of unbranched alkanes of at least 4 members (excludes halogenated alkanes) is 9. The predicted molar refractivity (Wildman–Crippen MR) is 114 cm³/mol. The standard InChI is InChI=1S/C24H37N/c1-4-5-6-7-8-9-10-11-12-15-18-25-24-21(3)20(2)19-22-16-13-14-17-23(22)24/h13-14,16-17,19,25H,4-12,15,18H2,1-3H3. The summed E-state index contributed by atoms with van der Waals surface area (Å²) < 4.78 is 0. The summed E-state index contributed by atoms with van der Waals surface area (Å²) in [6.07, 6.45) is 13.9. The number of hydrogen-bond donors (Lipinski definition) is 1. The second-order valence-corrected chi connectivity index (χ2v) is 7.52. The van der Waals surface area contributed by atoms with E-state index in [9.17, 15) is 0 Å². The molecule has 1 N–H and O–H groups in total. The Morgan fingerprint density at radius 2 is 1.36 bits per heavy atom. The van der Waals surface area contributed by atoms with Crippen LogP contribution >= 0.6 is 0 Å². The van der Waals surface area contributed by atoms with E-state index in [0.29, 0.717) is 0 Å². The lowest BCUT2D eigenvalue weighted by molar-refractivity contribution is 0.560. The van der Waals surface area contributed by atoms with E-state index in [1.165, 1.54) is 91.8 Å². The molecule has 25 heavy (non-hydrogen) atoms. The second-order valence-electron chi connectivity index (χ2n) is 7.52. The van der Waals surface area contributed by atoms with E-state index in [1.54, 1.807) is 0 Å². The number of anilines is 1. The normalized spacial score (nSPS) is 11.2. The highest BCUT2D eigenvalue weighted by molar-refractivity contribution is 5.96. The van der Waals surface area contributed by atoms with Gasteiger partial charge in [-0.25, -0.2) is 0 Å². The van der Waals surface area contributed by atoms with Crippen LogP contribution in [0, 0.1) is 13.8 Å². The number of aryl methyl sites for hydroxylation is 1. The van der Waals surface area contributed by atoms with Gasteiger partial charge < -0.3 is 5.32 Å². The van der Waals surface area contributed by atoms with Crippen LogP contribution in [0.5, 0.6) is 0 Å². The van der Waals surface area contributed by atoms with Gasteiger partial charge in [-0.15, -0.1) is 0 Å². The Hall–Kier alpha value is -1.50. The molecule has 138 valence electrons. The quantitative estimate of drug-likeness (QED) is 0.389. The molecule has 2 aromatic carbocycles. The summed E-state index contributed by atoms with van der Waals surface area (Å²) in [7, 11) is 0. The molecule has 0 aliphatic carbocycles. The maximum absolute atomic E-state index is 3.72. The van der Waals surface area contributed by atoms with Crippen LogP contribution in [-0.2, 0) is 0 Å². The molecule has 0 atom stereocenters. The van der Waals surface area contributed by atoms with Gasteiger partial charge in [0.25, 0.3) is 0 Å². The van der Waals surface area contributed by atoms with E-state index < -0.39 is 0 Å². The highest BCUT2D eigenvalue weighted by Gasteiger charge is 2.06. The topological polar surface area (TPSA) is 12.0 Å². The van der Waals surface area contributed by atoms with Crippen LogP contribution in [0.25, 0.3) is 10.8 Å². The van der Waals surface area contributed by atoms with Gasteiger partial charge in [0.15, 0.2) is 0 Å². The predicted octanol–water partition coefficient (Wildman–Crippen LogP) is 7.79. The molecule has 0 aliphatic rings. The lowest BCUT2D eigenvalue weighted by Gasteiger charge is -2.15. The van der Waals surface area contributed by atoms with Crippen molar-refractivity contribution in [1.82, 2.24) is 0 Å². The highest BCUT2D eigenvalue weighted by Crippen LogP contribution is 2.29. The van der Waals surface area contributed by atoms with Crippen molar-refractivity contribution >= 4 is 16.5 Å². The first-order chi connectivity index (χ1) is 12.2. The third-order valence-electron chi connectivity index (χ3n) is 5.40. The van der Waals surface area contributed by atoms with Gasteiger partial charge in [0, 0.05) is 17.6 Å². The first-order valence-electron chi connectivity index (χ1n) is 10.5. The van der Waals surface area contributed by atoms with Crippen molar-refractivity contribution in [3.63, 3.8) is 0 Å². The lowest BCUT2D eigenvalue weighted by atomic mass is 9.99. The van der Waals surface area contributed by atoms with Crippen LogP contribution in [0.2, 0.25) is 0 Å². The molecule has 0 saturated heterocycles. The number of nitrogens with one attached hydrogen (secondary N) is 1. The Kier molecular flexibility index (Phi) is 8.86. The molecular weight excluding hydrogens is 302 g/mol. The molecule has 1 nitrogen and oxygen atoms in total. The van der Waals surface area contributed by atoms with E-state index in [-0.39, 0.29) is 0 Å². The Balaban J connectivity index is 1.67. The Bertz CT molecular complexity index is 629. The van der Waals surface area contributed by atoms with Crippen molar-refractivity contribution in [2.45, 2.75) is 85.0 Å². The van der Waals surface area contributed by atoms with E-state index in [2.05, 4.69) is 56.4 Å². The van der Waals surface area contributed by atoms with Gasteiger partial charge >= 0.3 is 0 Å². The van der Waals surface area contributed by atoms with E-state index in [1.807, 2.05) is 0 Å². The summed E-state index contributed by atoms with van der Waals surface area (Å²) in [4.78, 5) is 0. The van der Waals surface area contributed by atoms with Gasteiger partial charge in [-0.05, 0) is 36.8 Å². The molecular formula is C24H37N. The number of rotatable bonds is 12. The molecule has 2 aromatic rings. The van der Waals surface area contributed by atoms with Crippen LogP contribution in [0.15, 0.2) is 30.3 Å². The van der Waals surface area contributed by atoms with Gasteiger partial charge in [0.2, 0.25) is 0 Å². The highest BCUT2D eigenvalue weighted by atomic mass is 14.9. The zero-order chi connectivity index (χ0) is 17.9. The minimum Gasteiger partial charge on any atom is -0.384 e. The van der Waals surface area contributed by atoms with Crippen LogP contribution in [0.1, 0.15) is 82.3 Å². The monoisotopic (exact) mass is 339 g/mol. The third kappa shape index (κ3) is 6.38. The Morgan fingerprint density at radius 1 is 0.760 bits per heavy atom. The van der Waals surface area contributed by atoms with Gasteiger partial charge in [-0.1, -0.05) is 95.0 Å². The molecule has 2 rings (SSSR count). The summed E-state index contributed by atoms with van der Waals surface area (Å²) in [5, 5.41) is 6.42. The fourth-order valence-corrected chi connectivity index (χ4v) is 3.64. The largest absolute Gasteiger partial charge is 0.384 e. The number of benzene rings is 2. The molecule has 0 unspecified atom stereocenters. The van der Waals surface area contributed by atoms with Gasteiger partial charge in [0.1, 0.15) is 0 Å². The van der Waals surface area contributed by atoms with E-state index in [4.69, 9.17) is 0 Å². The van der Waals surface area contributed by atoms with Crippen molar-refractivity contribution in [1.29, 1.82) is 0 Å². The summed E-state index contributed by atoms with van der Waals surface area (Å²) >= 11 is 0. The van der Waals surface area contributed by atoms with E-state index in [0.717, 1.165) is 6.54 Å². The van der Waals surface area contributed by atoms with Crippen molar-refractivity contribution < 1.29 is 0 Å². The molecule has 0 fully saturated rings. The smallest absolute Gasteiger partial charge is 0.0452 e. The van der Waals surface area contributed by atoms with Crippen LogP contribution in [0.3, 0.4) is 0 Å². The number of fused-ring (bicyclic) bond motifs is 1. The average Bonchev–Trinajstić information content (AvgIpc) is 2.62. The molecule has 0 aromatic heterocycles. The summed E-state index contributed by atoms with van der Waals surface area (Å²) in [5.41, 5.74) is 4.11. The van der Waals surface area contributed by atoms with Crippen LogP contribution in [0.4, 0.5) is 5.69 Å². The van der Waals surface area contributed by atoms with Crippen molar-refractivity contribution in [2.75, 3.05) is 11.9 Å². The molecule has 0 heterocycles. The molecule has 0 saturated carbocycles. The Labute approximate surface area is 155 Å². The maximum atomic E-state index is 3.72. The SMILES string of the molecule is CCCCCCCCCCCCNc1c(C)c(C)cc2ccccc12. The first-order valence-corrected chi connectivity index (χ1v) is 10.5. The van der Waals surface area contributed by atoms with E-state index >= 15 is 0 Å². The maximum Gasteiger partial charge on any atom is 0.0452 e. The summed E-state index contributed by atoms with van der Waals surface area (Å²) in [6, 6.07) is 11.0. The fraction of sp³-hybridized carbons (Fsp3) is 0.583. The van der Waals surface area contributed by atoms with Gasteiger partial charge in [0.05, 0.1) is 0 Å². The summed E-state index contributed by atoms with van der Waals surface area (Å²) in [6.45, 7) is 7.83. The van der Waals surface area contributed by atoms with Crippen molar-refractivity contribution in [2.24, 2.45) is 0 Å². The fourth-order valence-electron chi connectivity index (χ4n) is 3.64. The van der Waals surface area contributed by atoms with Gasteiger partial charge in [-0.2, -0.15) is 0 Å². The third-order valence-corrected chi connectivity index (χ3v) is 5.40. The lowest BCUT2D eigenvalue weighted by Crippen LogP contribution is -2.04. The molecule has 0 radical (unpaired) electrons. The van der Waals surface area contributed by atoms with Crippen LogP contribution < -0.4 is 5.32 Å². The zero-order valence-electron chi connectivity index (χ0n) is 16.7. The molecule has 0 bridgehead atoms. The van der Waals surface area contributed by atoms with Crippen molar-refractivity contribution in [3.8, 4) is 0 Å². The molecule has 0 spiro atoms. The molecule has 0 amide bonds. The van der Waals surface area contributed by atoms with Crippen molar-refractivity contribution in [3.05, 3.63) is 41.5 Å². The second kappa shape index (κ2) is 11.2. The molecule has 0 aliphatic heterocycles. The zero-order valence-corrected chi connectivity index (χ0v) is 16.7. The number of hydrogen-bond acceptors (Lipinski definition) is 1. The van der Waals surface area contributed by atoms with Gasteiger partial charge in [-0.3, -0.25) is 0 Å². The summed E-state index contributed by atoms with van der Waals surface area (Å²) in [5.74, 6) is 0. The minimum absolute atomic E-state index is 1.09. The Morgan fingerprint density at radius 3 is 2.04 bits per heavy atom.